The summed E-state index contributed by atoms with van der Waals surface area (Å²) in [6, 6.07) is 9.07. The molecule has 4 heteroatoms. The fraction of sp³-hybridized carbons (Fsp3) is 0.588. The van der Waals surface area contributed by atoms with Gasteiger partial charge in [0, 0.05) is 31.1 Å². The van der Waals surface area contributed by atoms with Crippen LogP contribution in [0.25, 0.3) is 10.9 Å². The van der Waals surface area contributed by atoms with Crippen molar-refractivity contribution < 1.29 is 5.11 Å². The molecule has 1 aromatic carbocycles. The average molecular weight is 287 g/mol. The molecular weight excluding hydrogens is 262 g/mol. The summed E-state index contributed by atoms with van der Waals surface area (Å²) in [6.45, 7) is 4.84. The van der Waals surface area contributed by atoms with Crippen molar-refractivity contribution in [3.8, 4) is 0 Å². The first-order chi connectivity index (χ1) is 10.3. The lowest BCUT2D eigenvalue weighted by Crippen LogP contribution is -2.35. The molecule has 0 spiro atoms. The second kappa shape index (κ2) is 6.58. The molecule has 1 fully saturated rings. The van der Waals surface area contributed by atoms with Gasteiger partial charge in [0.15, 0.2) is 0 Å². The average Bonchev–Trinajstić information content (AvgIpc) is 3.15. The molecule has 0 aliphatic heterocycles. The van der Waals surface area contributed by atoms with Crippen LogP contribution in [-0.2, 0) is 13.1 Å². The highest BCUT2D eigenvalue weighted by Gasteiger charge is 2.23. The van der Waals surface area contributed by atoms with Crippen LogP contribution in [0.4, 0.5) is 0 Å². The van der Waals surface area contributed by atoms with Crippen LogP contribution < -0.4 is 0 Å². The number of aliphatic hydroxyl groups excluding tert-OH is 1. The molecule has 1 saturated carbocycles. The lowest BCUT2D eigenvalue weighted by molar-refractivity contribution is 0.143. The fourth-order valence-electron chi connectivity index (χ4n) is 3.53. The Morgan fingerprint density at radius 3 is 2.76 bits per heavy atom. The summed E-state index contributed by atoms with van der Waals surface area (Å²) in [5.41, 5.74) is 2.36. The van der Waals surface area contributed by atoms with Gasteiger partial charge in [0.05, 0.1) is 17.8 Å². The van der Waals surface area contributed by atoms with Gasteiger partial charge in [-0.1, -0.05) is 31.0 Å². The van der Waals surface area contributed by atoms with Gasteiger partial charge < -0.3 is 5.11 Å². The Bertz CT molecular complexity index is 587. The third kappa shape index (κ3) is 2.97. The largest absolute Gasteiger partial charge is 0.395 e. The van der Waals surface area contributed by atoms with Gasteiger partial charge in [0.1, 0.15) is 0 Å². The van der Waals surface area contributed by atoms with Crippen molar-refractivity contribution in [2.75, 3.05) is 13.2 Å². The van der Waals surface area contributed by atoms with Crippen molar-refractivity contribution in [3.05, 3.63) is 30.0 Å². The van der Waals surface area contributed by atoms with E-state index < -0.39 is 0 Å². The molecule has 3 rings (SSSR count). The molecule has 0 radical (unpaired) electrons. The van der Waals surface area contributed by atoms with Crippen LogP contribution in [0.3, 0.4) is 0 Å². The summed E-state index contributed by atoms with van der Waals surface area (Å²) in [4.78, 5) is 2.42. The van der Waals surface area contributed by atoms with E-state index in [4.69, 9.17) is 5.10 Å². The van der Waals surface area contributed by atoms with Gasteiger partial charge in [-0.3, -0.25) is 9.58 Å². The monoisotopic (exact) mass is 287 g/mol. The maximum absolute atomic E-state index is 9.37. The van der Waals surface area contributed by atoms with Gasteiger partial charge >= 0.3 is 0 Å². The Kier molecular flexibility index (Phi) is 4.56. The van der Waals surface area contributed by atoms with Crippen LogP contribution in [0.5, 0.6) is 0 Å². The van der Waals surface area contributed by atoms with Crippen LogP contribution in [-0.4, -0.2) is 39.0 Å². The molecule has 1 N–H and O–H groups in total. The van der Waals surface area contributed by atoms with Crippen molar-refractivity contribution >= 4 is 10.9 Å². The first-order valence-electron chi connectivity index (χ1n) is 8.12. The zero-order valence-electron chi connectivity index (χ0n) is 12.8. The lowest BCUT2D eigenvalue weighted by atomic mass is 10.1. The predicted octanol–water partition coefficient (Wildman–Crippen LogP) is 2.79. The summed E-state index contributed by atoms with van der Waals surface area (Å²) in [7, 11) is 0. The number of benzene rings is 1. The van der Waals surface area contributed by atoms with Gasteiger partial charge in [0.2, 0.25) is 0 Å². The summed E-state index contributed by atoms with van der Waals surface area (Å²) >= 11 is 0. The number of aromatic nitrogens is 2. The molecule has 1 aliphatic rings. The number of hydrogen-bond acceptors (Lipinski definition) is 3. The molecule has 0 amide bonds. The van der Waals surface area contributed by atoms with E-state index in [2.05, 4.69) is 40.8 Å². The van der Waals surface area contributed by atoms with E-state index in [0.717, 1.165) is 25.3 Å². The van der Waals surface area contributed by atoms with Gasteiger partial charge in [-0.2, -0.15) is 5.10 Å². The number of nitrogens with zero attached hydrogens (tertiary/aromatic N) is 3. The predicted molar refractivity (Wildman–Crippen MR) is 85.2 cm³/mol. The molecule has 0 unspecified atom stereocenters. The third-order valence-corrected chi connectivity index (χ3v) is 4.62. The maximum Gasteiger partial charge on any atom is 0.0843 e. The second-order valence-electron chi connectivity index (χ2n) is 5.91. The highest BCUT2D eigenvalue weighted by Crippen LogP contribution is 2.26. The van der Waals surface area contributed by atoms with Crippen molar-refractivity contribution in [2.24, 2.45) is 0 Å². The molecule has 114 valence electrons. The van der Waals surface area contributed by atoms with E-state index in [0.29, 0.717) is 6.04 Å². The fourth-order valence-corrected chi connectivity index (χ4v) is 3.53. The van der Waals surface area contributed by atoms with Crippen molar-refractivity contribution in [3.63, 3.8) is 0 Å². The van der Waals surface area contributed by atoms with Crippen molar-refractivity contribution in [1.29, 1.82) is 0 Å². The van der Waals surface area contributed by atoms with E-state index in [-0.39, 0.29) is 6.61 Å². The van der Waals surface area contributed by atoms with Crippen molar-refractivity contribution in [2.45, 2.75) is 51.7 Å². The van der Waals surface area contributed by atoms with Gasteiger partial charge in [-0.15, -0.1) is 0 Å². The van der Waals surface area contributed by atoms with E-state index in [1.54, 1.807) is 0 Å². The first kappa shape index (κ1) is 14.5. The zero-order chi connectivity index (χ0) is 14.7. The number of aryl methyl sites for hydroxylation is 1. The van der Waals surface area contributed by atoms with Gasteiger partial charge in [-0.25, -0.2) is 0 Å². The number of rotatable bonds is 6. The minimum atomic E-state index is 0.225. The minimum absolute atomic E-state index is 0.225. The minimum Gasteiger partial charge on any atom is -0.395 e. The molecule has 2 aromatic rings. The molecule has 0 atom stereocenters. The first-order valence-corrected chi connectivity index (χ1v) is 8.12. The SMILES string of the molecule is CCn1nc(CN(CCO)C2CCCC2)c2ccccc21. The Balaban J connectivity index is 1.88. The van der Waals surface area contributed by atoms with Gasteiger partial charge in [0.25, 0.3) is 0 Å². The Hall–Kier alpha value is -1.39. The smallest absolute Gasteiger partial charge is 0.0843 e. The highest BCUT2D eigenvalue weighted by molar-refractivity contribution is 5.81. The molecule has 0 bridgehead atoms. The van der Waals surface area contributed by atoms with Crippen LogP contribution in [0.1, 0.15) is 38.3 Å². The number of hydrogen-bond donors (Lipinski definition) is 1. The normalized spacial score (nSPS) is 16.3. The summed E-state index contributed by atoms with van der Waals surface area (Å²) in [6.07, 6.45) is 5.15. The molecule has 4 nitrogen and oxygen atoms in total. The molecular formula is C17H25N3O. The molecule has 1 aliphatic carbocycles. The Morgan fingerprint density at radius 1 is 1.29 bits per heavy atom. The lowest BCUT2D eigenvalue weighted by Gasteiger charge is -2.27. The summed E-state index contributed by atoms with van der Waals surface area (Å²) in [5.74, 6) is 0. The van der Waals surface area contributed by atoms with Crippen LogP contribution in [0.15, 0.2) is 24.3 Å². The standard InChI is InChI=1S/C17H25N3O/c1-2-20-17-10-6-5-9-15(17)16(18-20)13-19(11-12-21)14-7-3-4-8-14/h5-6,9-10,14,21H,2-4,7-8,11-13H2,1H3. The molecule has 1 heterocycles. The zero-order valence-corrected chi connectivity index (χ0v) is 12.8. The molecule has 0 saturated heterocycles. The Morgan fingerprint density at radius 2 is 2.05 bits per heavy atom. The van der Waals surface area contributed by atoms with Crippen LogP contribution in [0, 0.1) is 0 Å². The third-order valence-electron chi connectivity index (χ3n) is 4.62. The molecule has 21 heavy (non-hydrogen) atoms. The van der Waals surface area contributed by atoms with E-state index in [9.17, 15) is 5.11 Å². The summed E-state index contributed by atoms with van der Waals surface area (Å²) in [5, 5.41) is 15.4. The van der Waals surface area contributed by atoms with Crippen LogP contribution >= 0.6 is 0 Å². The number of aliphatic hydroxyl groups is 1. The van der Waals surface area contributed by atoms with Crippen LogP contribution in [0.2, 0.25) is 0 Å². The topological polar surface area (TPSA) is 41.3 Å². The quantitative estimate of drug-likeness (QED) is 0.888. The van der Waals surface area contributed by atoms with E-state index in [1.807, 2.05) is 0 Å². The van der Waals surface area contributed by atoms with E-state index in [1.165, 1.54) is 36.6 Å². The van der Waals surface area contributed by atoms with Crippen molar-refractivity contribution in [1.82, 2.24) is 14.7 Å². The van der Waals surface area contributed by atoms with E-state index >= 15 is 0 Å². The number of fused-ring (bicyclic) bond motifs is 1. The maximum atomic E-state index is 9.37. The highest BCUT2D eigenvalue weighted by atomic mass is 16.3. The number of para-hydroxylation sites is 1. The Labute approximate surface area is 126 Å². The second-order valence-corrected chi connectivity index (χ2v) is 5.91. The summed E-state index contributed by atoms with van der Waals surface area (Å²) < 4.78 is 2.08. The van der Waals surface area contributed by atoms with Gasteiger partial charge in [-0.05, 0) is 25.8 Å². The molecule has 1 aromatic heterocycles.